The van der Waals surface area contributed by atoms with Crippen molar-refractivity contribution < 1.29 is 9.53 Å². The molecule has 0 N–H and O–H groups in total. The Morgan fingerprint density at radius 3 is 2.48 bits per heavy atom. The van der Waals surface area contributed by atoms with Gasteiger partial charge in [-0.2, -0.15) is 0 Å². The fraction of sp³-hybridized carbons (Fsp3) is 0.333. The van der Waals surface area contributed by atoms with Crippen LogP contribution >= 0.6 is 11.8 Å². The van der Waals surface area contributed by atoms with Crippen LogP contribution in [-0.4, -0.2) is 59.4 Å². The Balaban J connectivity index is 1.35. The lowest BCUT2D eigenvalue weighted by Gasteiger charge is -2.36. The third kappa shape index (κ3) is 4.88. The number of methoxy groups -OCH3 is 1. The SMILES string of the molecule is COc1ccccc1N1CCN(C(=O)CSc2nccn2-c2cc(C)cc(C)c2)CC1. The number of hydrogen-bond donors (Lipinski definition) is 0. The molecule has 0 radical (unpaired) electrons. The number of rotatable bonds is 6. The summed E-state index contributed by atoms with van der Waals surface area (Å²) >= 11 is 1.49. The minimum atomic E-state index is 0.152. The summed E-state index contributed by atoms with van der Waals surface area (Å²) in [5.74, 6) is 1.41. The molecular weight excluding hydrogens is 408 g/mol. The second-order valence-electron chi connectivity index (χ2n) is 7.75. The third-order valence-corrected chi connectivity index (χ3v) is 6.43. The molecule has 162 valence electrons. The van der Waals surface area contributed by atoms with Crippen LogP contribution in [0.3, 0.4) is 0 Å². The number of piperazine rings is 1. The predicted molar refractivity (Wildman–Crippen MR) is 126 cm³/mol. The quantitative estimate of drug-likeness (QED) is 0.548. The molecule has 1 aromatic heterocycles. The van der Waals surface area contributed by atoms with Crippen molar-refractivity contribution in [2.45, 2.75) is 19.0 Å². The van der Waals surface area contributed by atoms with Gasteiger partial charge < -0.3 is 14.5 Å². The monoisotopic (exact) mass is 436 g/mol. The first kappa shape index (κ1) is 21.3. The first-order valence-corrected chi connectivity index (χ1v) is 11.4. The average Bonchev–Trinajstić information content (AvgIpc) is 3.25. The summed E-state index contributed by atoms with van der Waals surface area (Å²) in [6.45, 7) is 7.21. The lowest BCUT2D eigenvalue weighted by atomic mass is 10.1. The number of carbonyl (C=O) groups excluding carboxylic acids is 1. The normalized spacial score (nSPS) is 14.0. The number of benzene rings is 2. The van der Waals surface area contributed by atoms with E-state index in [2.05, 4.69) is 52.6 Å². The summed E-state index contributed by atoms with van der Waals surface area (Å²) in [6.07, 6.45) is 3.74. The Labute approximate surface area is 187 Å². The van der Waals surface area contributed by atoms with Gasteiger partial charge in [-0.1, -0.05) is 30.0 Å². The molecule has 2 aromatic carbocycles. The van der Waals surface area contributed by atoms with Crippen molar-refractivity contribution in [1.82, 2.24) is 14.5 Å². The summed E-state index contributed by atoms with van der Waals surface area (Å²) in [7, 11) is 1.69. The van der Waals surface area contributed by atoms with Gasteiger partial charge in [0.15, 0.2) is 5.16 Å². The number of aromatic nitrogens is 2. The van der Waals surface area contributed by atoms with E-state index >= 15 is 0 Å². The Morgan fingerprint density at radius 2 is 1.77 bits per heavy atom. The predicted octanol–water partition coefficient (Wildman–Crippen LogP) is 3.94. The van der Waals surface area contributed by atoms with Crippen molar-refractivity contribution in [3.05, 3.63) is 66.0 Å². The molecule has 1 amide bonds. The van der Waals surface area contributed by atoms with Gasteiger partial charge >= 0.3 is 0 Å². The molecule has 1 aliphatic heterocycles. The number of aryl methyl sites for hydroxylation is 2. The van der Waals surface area contributed by atoms with Gasteiger partial charge in [-0.25, -0.2) is 4.98 Å². The third-order valence-electron chi connectivity index (χ3n) is 5.47. The first-order valence-electron chi connectivity index (χ1n) is 10.5. The highest BCUT2D eigenvalue weighted by molar-refractivity contribution is 7.99. The van der Waals surface area contributed by atoms with Crippen LogP contribution in [0.4, 0.5) is 5.69 Å². The Morgan fingerprint density at radius 1 is 1.06 bits per heavy atom. The molecule has 31 heavy (non-hydrogen) atoms. The van der Waals surface area contributed by atoms with Crippen LogP contribution in [0.25, 0.3) is 5.69 Å². The van der Waals surface area contributed by atoms with Gasteiger partial charge in [-0.15, -0.1) is 0 Å². The van der Waals surface area contributed by atoms with Crippen molar-refractivity contribution >= 4 is 23.4 Å². The van der Waals surface area contributed by atoms with Gasteiger partial charge in [0, 0.05) is 44.3 Å². The molecule has 7 heteroatoms. The highest BCUT2D eigenvalue weighted by Gasteiger charge is 2.23. The number of para-hydroxylation sites is 2. The molecule has 0 bridgehead atoms. The number of carbonyl (C=O) groups is 1. The second kappa shape index (κ2) is 9.47. The van der Waals surface area contributed by atoms with Crippen molar-refractivity contribution in [3.63, 3.8) is 0 Å². The van der Waals surface area contributed by atoms with Crippen molar-refractivity contribution in [2.75, 3.05) is 43.9 Å². The van der Waals surface area contributed by atoms with Gasteiger partial charge in [0.05, 0.1) is 18.6 Å². The number of imidazole rings is 1. The van der Waals surface area contributed by atoms with Crippen LogP contribution in [0, 0.1) is 13.8 Å². The number of nitrogens with zero attached hydrogens (tertiary/aromatic N) is 4. The van der Waals surface area contributed by atoms with Crippen LogP contribution in [0.1, 0.15) is 11.1 Å². The topological polar surface area (TPSA) is 50.6 Å². The maximum absolute atomic E-state index is 12.8. The number of anilines is 1. The maximum atomic E-state index is 12.8. The standard InChI is InChI=1S/C24H28N4O2S/c1-18-14-19(2)16-20(15-18)28-9-8-25-24(28)31-17-23(29)27-12-10-26(11-13-27)21-6-4-5-7-22(21)30-3/h4-9,14-16H,10-13,17H2,1-3H3. The van der Waals surface area contributed by atoms with E-state index < -0.39 is 0 Å². The minimum absolute atomic E-state index is 0.152. The smallest absolute Gasteiger partial charge is 0.233 e. The lowest BCUT2D eigenvalue weighted by molar-refractivity contribution is -0.128. The van der Waals surface area contributed by atoms with E-state index in [1.807, 2.05) is 29.3 Å². The molecule has 0 spiro atoms. The van der Waals surface area contributed by atoms with Gasteiger partial charge in [0.25, 0.3) is 0 Å². The minimum Gasteiger partial charge on any atom is -0.495 e. The molecule has 2 heterocycles. The molecule has 1 fully saturated rings. The average molecular weight is 437 g/mol. The Kier molecular flexibility index (Phi) is 6.51. The zero-order valence-corrected chi connectivity index (χ0v) is 19.1. The van der Waals surface area contributed by atoms with E-state index in [1.54, 1.807) is 13.3 Å². The molecule has 0 saturated carbocycles. The highest BCUT2D eigenvalue weighted by atomic mass is 32.2. The number of thioether (sulfide) groups is 1. The number of ether oxygens (including phenoxy) is 1. The summed E-state index contributed by atoms with van der Waals surface area (Å²) in [4.78, 5) is 21.5. The first-order chi connectivity index (χ1) is 15.0. The van der Waals surface area contributed by atoms with E-state index in [-0.39, 0.29) is 5.91 Å². The van der Waals surface area contributed by atoms with Crippen molar-refractivity contribution in [3.8, 4) is 11.4 Å². The van der Waals surface area contributed by atoms with E-state index in [4.69, 9.17) is 4.74 Å². The van der Waals surface area contributed by atoms with Crippen molar-refractivity contribution in [1.29, 1.82) is 0 Å². The zero-order chi connectivity index (χ0) is 21.8. The largest absolute Gasteiger partial charge is 0.495 e. The van der Waals surface area contributed by atoms with Crippen LogP contribution in [0.2, 0.25) is 0 Å². The summed E-state index contributed by atoms with van der Waals surface area (Å²) in [5, 5.41) is 0.839. The van der Waals surface area contributed by atoms with E-state index in [9.17, 15) is 4.79 Å². The Hall–Kier alpha value is -2.93. The van der Waals surface area contributed by atoms with Crippen LogP contribution in [0.5, 0.6) is 5.75 Å². The van der Waals surface area contributed by atoms with E-state index in [0.29, 0.717) is 18.8 Å². The molecule has 4 rings (SSSR count). The van der Waals surface area contributed by atoms with Gasteiger partial charge in [0.2, 0.25) is 5.91 Å². The molecule has 0 atom stereocenters. The van der Waals surface area contributed by atoms with Gasteiger partial charge in [-0.3, -0.25) is 9.36 Å². The maximum Gasteiger partial charge on any atom is 0.233 e. The number of amides is 1. The highest BCUT2D eigenvalue weighted by Crippen LogP contribution is 2.28. The van der Waals surface area contributed by atoms with Gasteiger partial charge in [-0.05, 0) is 49.2 Å². The lowest BCUT2D eigenvalue weighted by Crippen LogP contribution is -2.49. The number of hydrogen-bond acceptors (Lipinski definition) is 5. The Bertz CT molecular complexity index is 1040. The molecule has 1 saturated heterocycles. The zero-order valence-electron chi connectivity index (χ0n) is 18.2. The molecule has 6 nitrogen and oxygen atoms in total. The molecule has 1 aliphatic rings. The fourth-order valence-electron chi connectivity index (χ4n) is 3.99. The van der Waals surface area contributed by atoms with E-state index in [0.717, 1.165) is 35.4 Å². The molecule has 0 aliphatic carbocycles. The van der Waals surface area contributed by atoms with Crippen LogP contribution < -0.4 is 9.64 Å². The van der Waals surface area contributed by atoms with Crippen molar-refractivity contribution in [2.24, 2.45) is 0 Å². The van der Waals surface area contributed by atoms with Crippen LogP contribution in [0.15, 0.2) is 60.0 Å². The van der Waals surface area contributed by atoms with Crippen LogP contribution in [-0.2, 0) is 4.79 Å². The molecule has 0 unspecified atom stereocenters. The summed E-state index contributed by atoms with van der Waals surface area (Å²) in [5.41, 5.74) is 4.59. The molecular formula is C24H28N4O2S. The fourth-order valence-corrected chi connectivity index (χ4v) is 4.86. The van der Waals surface area contributed by atoms with Gasteiger partial charge in [0.1, 0.15) is 5.75 Å². The summed E-state index contributed by atoms with van der Waals surface area (Å²) < 4.78 is 7.53. The second-order valence-corrected chi connectivity index (χ2v) is 8.70. The molecule has 3 aromatic rings. The summed E-state index contributed by atoms with van der Waals surface area (Å²) in [6, 6.07) is 14.5. The van der Waals surface area contributed by atoms with E-state index in [1.165, 1.54) is 22.9 Å².